The van der Waals surface area contributed by atoms with E-state index in [9.17, 15) is 12.8 Å². The molecule has 0 saturated carbocycles. The molecule has 0 bridgehead atoms. The molecular formula is C22H19FN6O2S. The van der Waals surface area contributed by atoms with Crippen molar-refractivity contribution in [3.8, 4) is 0 Å². The van der Waals surface area contributed by atoms with Gasteiger partial charge in [-0.25, -0.2) is 22.9 Å². The number of halogens is 1. The minimum absolute atomic E-state index is 0.0230. The van der Waals surface area contributed by atoms with Crippen molar-refractivity contribution in [3.63, 3.8) is 0 Å². The maximum Gasteiger partial charge on any atom is 0.238 e. The van der Waals surface area contributed by atoms with E-state index in [1.54, 1.807) is 12.3 Å². The summed E-state index contributed by atoms with van der Waals surface area (Å²) in [5, 5.41) is 10.9. The molecule has 0 aliphatic rings. The summed E-state index contributed by atoms with van der Waals surface area (Å²) in [4.78, 5) is 12.1. The Kier molecular flexibility index (Phi) is 6.06. The summed E-state index contributed by atoms with van der Waals surface area (Å²) in [6.07, 6.45) is 5.31. The number of nitrogens with zero attached hydrogens (tertiary/aromatic N) is 3. The van der Waals surface area contributed by atoms with Crippen molar-refractivity contribution < 1.29 is 12.8 Å². The maximum atomic E-state index is 14.3. The molecule has 4 aromatic rings. The highest BCUT2D eigenvalue weighted by molar-refractivity contribution is 7.89. The Labute approximate surface area is 184 Å². The first-order chi connectivity index (χ1) is 15.4. The number of nitrogens with one attached hydrogen (secondary N) is 2. The number of rotatable bonds is 7. The van der Waals surface area contributed by atoms with Gasteiger partial charge >= 0.3 is 0 Å². The molecule has 0 aliphatic carbocycles. The van der Waals surface area contributed by atoms with Gasteiger partial charge in [-0.1, -0.05) is 24.3 Å². The molecule has 0 spiro atoms. The normalized spacial score (nSPS) is 11.2. The lowest BCUT2D eigenvalue weighted by molar-refractivity contribution is 0.598. The standard InChI is InChI=1S/C22H19FN6O2S/c23-20-14-26-22(28-18-4-1-5-19(12-18)32(24,30)31)29-21(20)27-17-8-6-15(7-9-17)11-16-3-2-10-25-13-16/h1-10,12-14H,11H2,(H2,24,30,31)(H2,26,27,28,29). The predicted molar refractivity (Wildman–Crippen MR) is 120 cm³/mol. The van der Waals surface area contributed by atoms with Crippen molar-refractivity contribution in [2.45, 2.75) is 11.3 Å². The van der Waals surface area contributed by atoms with E-state index < -0.39 is 15.8 Å². The highest BCUT2D eigenvalue weighted by Gasteiger charge is 2.11. The van der Waals surface area contributed by atoms with E-state index in [1.807, 2.05) is 42.6 Å². The fourth-order valence-corrected chi connectivity index (χ4v) is 3.54. The van der Waals surface area contributed by atoms with Gasteiger partial charge in [0, 0.05) is 23.8 Å². The zero-order valence-corrected chi connectivity index (χ0v) is 17.6. The third kappa shape index (κ3) is 5.42. The number of hydrogen-bond acceptors (Lipinski definition) is 7. The average Bonchev–Trinajstić information content (AvgIpc) is 2.78. The third-order valence-electron chi connectivity index (χ3n) is 4.51. The van der Waals surface area contributed by atoms with E-state index in [0.717, 1.165) is 23.7 Å². The lowest BCUT2D eigenvalue weighted by Gasteiger charge is -2.11. The van der Waals surface area contributed by atoms with Crippen molar-refractivity contribution in [1.29, 1.82) is 0 Å². The van der Waals surface area contributed by atoms with E-state index in [0.29, 0.717) is 11.4 Å². The van der Waals surface area contributed by atoms with Crippen LogP contribution in [0.2, 0.25) is 0 Å². The minimum Gasteiger partial charge on any atom is -0.338 e. The van der Waals surface area contributed by atoms with Gasteiger partial charge in [0.05, 0.1) is 11.1 Å². The number of anilines is 4. The molecule has 0 amide bonds. The summed E-state index contributed by atoms with van der Waals surface area (Å²) in [7, 11) is -3.85. The van der Waals surface area contributed by atoms with Gasteiger partial charge in [-0.2, -0.15) is 4.98 Å². The fraction of sp³-hybridized carbons (Fsp3) is 0.0455. The molecule has 2 heterocycles. The molecule has 4 rings (SSSR count). The Hall–Kier alpha value is -3.89. The van der Waals surface area contributed by atoms with Crippen molar-refractivity contribution in [3.05, 3.63) is 96.2 Å². The van der Waals surface area contributed by atoms with Crippen LogP contribution in [-0.2, 0) is 16.4 Å². The quantitative estimate of drug-likeness (QED) is 0.392. The van der Waals surface area contributed by atoms with Crippen LogP contribution in [-0.4, -0.2) is 23.4 Å². The van der Waals surface area contributed by atoms with Crippen LogP contribution in [0.3, 0.4) is 0 Å². The van der Waals surface area contributed by atoms with Crippen molar-refractivity contribution >= 4 is 33.2 Å². The van der Waals surface area contributed by atoms with Gasteiger partial charge in [-0.3, -0.25) is 4.98 Å². The third-order valence-corrected chi connectivity index (χ3v) is 5.42. The van der Waals surface area contributed by atoms with Crippen LogP contribution < -0.4 is 15.8 Å². The Morgan fingerprint density at radius 1 is 0.906 bits per heavy atom. The first-order valence-corrected chi connectivity index (χ1v) is 11.1. The van der Waals surface area contributed by atoms with Crippen LogP contribution >= 0.6 is 0 Å². The molecule has 0 aliphatic heterocycles. The Bertz CT molecular complexity index is 1330. The molecule has 0 fully saturated rings. The molecule has 0 radical (unpaired) electrons. The van der Waals surface area contributed by atoms with Gasteiger partial charge in [0.2, 0.25) is 16.0 Å². The highest BCUT2D eigenvalue weighted by Crippen LogP contribution is 2.22. The summed E-state index contributed by atoms with van der Waals surface area (Å²) in [6, 6.07) is 17.3. The van der Waals surface area contributed by atoms with Crippen LogP contribution in [0.1, 0.15) is 11.1 Å². The van der Waals surface area contributed by atoms with E-state index in [-0.39, 0.29) is 16.7 Å². The second kappa shape index (κ2) is 9.08. The molecule has 10 heteroatoms. The Morgan fingerprint density at radius 3 is 2.44 bits per heavy atom. The van der Waals surface area contributed by atoms with Crippen molar-refractivity contribution in [2.75, 3.05) is 10.6 Å². The summed E-state index contributed by atoms with van der Waals surface area (Å²) in [5.41, 5.74) is 3.23. The highest BCUT2D eigenvalue weighted by atomic mass is 32.2. The average molecular weight is 450 g/mol. The first kappa shape index (κ1) is 21.3. The number of benzene rings is 2. The van der Waals surface area contributed by atoms with Crippen LogP contribution in [0.15, 0.2) is 84.1 Å². The fourth-order valence-electron chi connectivity index (χ4n) is 2.98. The predicted octanol–water partition coefficient (Wildman–Crippen LogP) is 3.74. The Balaban J connectivity index is 1.48. The second-order valence-electron chi connectivity index (χ2n) is 6.95. The van der Waals surface area contributed by atoms with Gasteiger partial charge in [0.25, 0.3) is 0 Å². The zero-order valence-electron chi connectivity index (χ0n) is 16.7. The molecule has 2 aromatic heterocycles. The van der Waals surface area contributed by atoms with E-state index in [1.165, 1.54) is 18.2 Å². The van der Waals surface area contributed by atoms with Crippen molar-refractivity contribution in [2.24, 2.45) is 5.14 Å². The number of hydrogen-bond donors (Lipinski definition) is 3. The summed E-state index contributed by atoms with van der Waals surface area (Å²) < 4.78 is 37.3. The number of sulfonamides is 1. The first-order valence-electron chi connectivity index (χ1n) is 9.54. The molecule has 0 saturated heterocycles. The van der Waals surface area contributed by atoms with Crippen molar-refractivity contribution in [1.82, 2.24) is 15.0 Å². The smallest absolute Gasteiger partial charge is 0.238 e. The number of nitrogens with two attached hydrogens (primary N) is 1. The van der Waals surface area contributed by atoms with Gasteiger partial charge < -0.3 is 10.6 Å². The monoisotopic (exact) mass is 450 g/mol. The molecule has 4 N–H and O–H groups in total. The van der Waals surface area contributed by atoms with Gasteiger partial charge in [0.1, 0.15) is 0 Å². The molecule has 8 nitrogen and oxygen atoms in total. The topological polar surface area (TPSA) is 123 Å². The summed E-state index contributed by atoms with van der Waals surface area (Å²) >= 11 is 0. The summed E-state index contributed by atoms with van der Waals surface area (Å²) in [6.45, 7) is 0. The van der Waals surface area contributed by atoms with Gasteiger partial charge in [0.15, 0.2) is 11.6 Å². The molecule has 0 atom stereocenters. The molecule has 162 valence electrons. The SMILES string of the molecule is NS(=O)(=O)c1cccc(Nc2ncc(F)c(Nc3ccc(Cc4cccnc4)cc3)n2)c1. The Morgan fingerprint density at radius 2 is 1.72 bits per heavy atom. The van der Waals surface area contributed by atoms with Crippen LogP contribution in [0.5, 0.6) is 0 Å². The van der Waals surface area contributed by atoms with E-state index >= 15 is 0 Å². The molecule has 0 unspecified atom stereocenters. The van der Waals surface area contributed by atoms with Crippen LogP contribution in [0.4, 0.5) is 27.5 Å². The van der Waals surface area contributed by atoms with Crippen LogP contribution in [0, 0.1) is 5.82 Å². The van der Waals surface area contributed by atoms with E-state index in [2.05, 4.69) is 25.6 Å². The minimum atomic E-state index is -3.85. The van der Waals surface area contributed by atoms with Gasteiger partial charge in [-0.05, 0) is 53.9 Å². The lowest BCUT2D eigenvalue weighted by Crippen LogP contribution is -2.12. The lowest BCUT2D eigenvalue weighted by atomic mass is 10.1. The van der Waals surface area contributed by atoms with E-state index in [4.69, 9.17) is 5.14 Å². The molecular weight excluding hydrogens is 431 g/mol. The van der Waals surface area contributed by atoms with Crippen LogP contribution in [0.25, 0.3) is 0 Å². The largest absolute Gasteiger partial charge is 0.338 e. The second-order valence-corrected chi connectivity index (χ2v) is 8.51. The maximum absolute atomic E-state index is 14.3. The molecule has 32 heavy (non-hydrogen) atoms. The summed E-state index contributed by atoms with van der Waals surface area (Å²) in [5.74, 6) is -0.563. The number of aromatic nitrogens is 3. The zero-order chi connectivity index (χ0) is 22.6. The number of primary sulfonamides is 1. The molecule has 2 aromatic carbocycles. The van der Waals surface area contributed by atoms with Gasteiger partial charge in [-0.15, -0.1) is 0 Å². The number of pyridine rings is 1.